The molecular weight excluding hydrogens is 230 g/mol. The predicted molar refractivity (Wildman–Crippen MR) is 66.4 cm³/mol. The van der Waals surface area contributed by atoms with Crippen LogP contribution in [0.4, 0.5) is 0 Å². The average molecular weight is 247 g/mol. The molecule has 0 unspecified atom stereocenters. The lowest BCUT2D eigenvalue weighted by Crippen LogP contribution is -2.57. The van der Waals surface area contributed by atoms with Crippen LogP contribution in [0, 0.1) is 0 Å². The van der Waals surface area contributed by atoms with Crippen molar-refractivity contribution < 1.29 is 15.6 Å². The van der Waals surface area contributed by atoms with E-state index in [1.165, 1.54) is 6.20 Å². The van der Waals surface area contributed by atoms with Crippen molar-refractivity contribution in [2.75, 3.05) is 0 Å². The highest BCUT2D eigenvalue weighted by Gasteiger charge is 2.05. The number of carbonyl (C=O) groups excluding carboxylic acids is 1. The molecule has 5 nitrogen and oxygen atoms in total. The molecule has 2 aromatic rings. The molecule has 5 heteroatoms. The standard InChI is InChI=1S/C10H8N2O2.C3H9N/c13-10(14)8-6-11-5-3-7(8)9-2-1-4-12-9;1-3(2)4/h1-6,12H,(H,13,14);3H,4H2,1-2H3. The molecule has 0 aliphatic carbocycles. The van der Waals surface area contributed by atoms with Crippen LogP contribution in [-0.2, 0) is 0 Å². The number of rotatable bonds is 2. The van der Waals surface area contributed by atoms with Crippen molar-refractivity contribution in [1.29, 1.82) is 0 Å². The number of nitrogens with one attached hydrogen (secondary N) is 1. The first kappa shape index (κ1) is 13.9. The first-order chi connectivity index (χ1) is 8.52. The Labute approximate surface area is 106 Å². The van der Waals surface area contributed by atoms with Crippen LogP contribution < -0.4 is 10.8 Å². The number of aromatic carboxylic acids is 1. The van der Waals surface area contributed by atoms with Gasteiger partial charge in [0.1, 0.15) is 0 Å². The summed E-state index contributed by atoms with van der Waals surface area (Å²) in [5, 5.41) is 10.8. The Morgan fingerprint density at radius 3 is 2.61 bits per heavy atom. The summed E-state index contributed by atoms with van der Waals surface area (Å²) in [6.07, 6.45) is 4.56. The third-order valence-corrected chi connectivity index (χ3v) is 1.93. The number of H-pyrrole nitrogens is 1. The largest absolute Gasteiger partial charge is 0.545 e. The van der Waals surface area contributed by atoms with E-state index < -0.39 is 5.97 Å². The van der Waals surface area contributed by atoms with Crippen LogP contribution in [0.5, 0.6) is 0 Å². The number of aromatic nitrogens is 2. The van der Waals surface area contributed by atoms with Crippen LogP contribution in [0.15, 0.2) is 36.8 Å². The maximum atomic E-state index is 10.8. The summed E-state index contributed by atoms with van der Waals surface area (Å²) in [6, 6.07) is 5.81. The molecular formula is C13H17N3O2. The van der Waals surface area contributed by atoms with Crippen LogP contribution in [0.25, 0.3) is 11.3 Å². The van der Waals surface area contributed by atoms with Gasteiger partial charge in [0.05, 0.1) is 12.0 Å². The molecule has 96 valence electrons. The van der Waals surface area contributed by atoms with Crippen molar-refractivity contribution in [1.82, 2.24) is 9.97 Å². The molecule has 0 fully saturated rings. The van der Waals surface area contributed by atoms with E-state index in [4.69, 9.17) is 0 Å². The number of carboxylic acid groups (broad SMARTS) is 1. The van der Waals surface area contributed by atoms with Gasteiger partial charge in [-0.3, -0.25) is 4.98 Å². The Morgan fingerprint density at radius 1 is 1.44 bits per heavy atom. The Kier molecular flexibility index (Phi) is 5.07. The number of hydrogen-bond acceptors (Lipinski definition) is 3. The minimum atomic E-state index is -1.22. The smallest absolute Gasteiger partial charge is 0.0786 e. The SMILES string of the molecule is CC(C)[NH3+].O=C([O-])c1cnccc1-c1ccc[nH]1. The summed E-state index contributed by atoms with van der Waals surface area (Å²) >= 11 is 0. The molecule has 0 saturated heterocycles. The Morgan fingerprint density at radius 2 is 2.11 bits per heavy atom. The zero-order chi connectivity index (χ0) is 13.5. The molecule has 0 radical (unpaired) electrons. The number of aromatic amines is 1. The van der Waals surface area contributed by atoms with E-state index in [-0.39, 0.29) is 5.56 Å². The zero-order valence-electron chi connectivity index (χ0n) is 10.5. The monoisotopic (exact) mass is 247 g/mol. The third-order valence-electron chi connectivity index (χ3n) is 1.93. The molecule has 4 N–H and O–H groups in total. The normalized spacial score (nSPS) is 9.78. The third kappa shape index (κ3) is 4.03. The molecule has 2 aromatic heterocycles. The second kappa shape index (κ2) is 6.56. The van der Waals surface area contributed by atoms with Crippen LogP contribution in [0.1, 0.15) is 24.2 Å². The van der Waals surface area contributed by atoms with Gasteiger partial charge in [0.15, 0.2) is 0 Å². The minimum Gasteiger partial charge on any atom is -0.545 e. The summed E-state index contributed by atoms with van der Waals surface area (Å²) in [7, 11) is 0. The van der Waals surface area contributed by atoms with Crippen LogP contribution in [0.2, 0.25) is 0 Å². The molecule has 0 bridgehead atoms. The fourth-order valence-electron chi connectivity index (χ4n) is 1.29. The molecule has 18 heavy (non-hydrogen) atoms. The average Bonchev–Trinajstić information content (AvgIpc) is 2.81. The summed E-state index contributed by atoms with van der Waals surface area (Å²) in [4.78, 5) is 17.4. The van der Waals surface area contributed by atoms with Crippen LogP contribution in [0.3, 0.4) is 0 Å². The van der Waals surface area contributed by atoms with Gasteiger partial charge in [-0.15, -0.1) is 0 Å². The van der Waals surface area contributed by atoms with Crippen molar-refractivity contribution in [2.45, 2.75) is 19.9 Å². The minimum absolute atomic E-state index is 0.0925. The number of carbonyl (C=O) groups is 1. The summed E-state index contributed by atoms with van der Waals surface area (Å²) in [5.74, 6) is -1.22. The molecule has 0 aromatic carbocycles. The van der Waals surface area contributed by atoms with Gasteiger partial charge in [0.2, 0.25) is 0 Å². The lowest BCUT2D eigenvalue weighted by molar-refractivity contribution is -0.407. The Balaban J connectivity index is 0.000000357. The van der Waals surface area contributed by atoms with Crippen molar-refractivity contribution >= 4 is 5.97 Å². The molecule has 0 aliphatic heterocycles. The summed E-state index contributed by atoms with van der Waals surface area (Å²) < 4.78 is 0. The highest BCUT2D eigenvalue weighted by molar-refractivity contribution is 5.93. The molecule has 0 spiro atoms. The fourth-order valence-corrected chi connectivity index (χ4v) is 1.29. The summed E-state index contributed by atoms with van der Waals surface area (Å²) in [5.41, 5.74) is 5.06. The number of carboxylic acids is 1. The lowest BCUT2D eigenvalue weighted by atomic mass is 10.1. The van der Waals surface area contributed by atoms with Crippen molar-refractivity contribution in [3.8, 4) is 11.3 Å². The molecule has 0 saturated carbocycles. The van der Waals surface area contributed by atoms with E-state index in [0.29, 0.717) is 11.6 Å². The number of quaternary nitrogens is 1. The topological polar surface area (TPSA) is 96.4 Å². The summed E-state index contributed by atoms with van der Waals surface area (Å²) in [6.45, 7) is 4.11. The molecule has 2 rings (SSSR count). The predicted octanol–water partition coefficient (Wildman–Crippen LogP) is 0.0769. The van der Waals surface area contributed by atoms with Crippen LogP contribution in [-0.4, -0.2) is 22.0 Å². The van der Waals surface area contributed by atoms with Crippen molar-refractivity contribution in [3.05, 3.63) is 42.4 Å². The molecule has 2 heterocycles. The first-order valence-electron chi connectivity index (χ1n) is 5.64. The number of pyridine rings is 1. The molecule has 0 atom stereocenters. The second-order valence-electron chi connectivity index (χ2n) is 4.19. The van der Waals surface area contributed by atoms with Gasteiger partial charge in [0, 0.05) is 35.4 Å². The highest BCUT2D eigenvalue weighted by atomic mass is 16.4. The van der Waals surface area contributed by atoms with Gasteiger partial charge in [-0.2, -0.15) is 0 Å². The van der Waals surface area contributed by atoms with Gasteiger partial charge < -0.3 is 20.6 Å². The lowest BCUT2D eigenvalue weighted by Gasteiger charge is -2.07. The maximum absolute atomic E-state index is 10.8. The van der Waals surface area contributed by atoms with Crippen molar-refractivity contribution in [2.24, 2.45) is 0 Å². The maximum Gasteiger partial charge on any atom is 0.0786 e. The van der Waals surface area contributed by atoms with E-state index in [2.05, 4.69) is 29.5 Å². The van der Waals surface area contributed by atoms with Gasteiger partial charge in [-0.25, -0.2) is 0 Å². The van der Waals surface area contributed by atoms with Crippen molar-refractivity contribution in [3.63, 3.8) is 0 Å². The van der Waals surface area contributed by atoms with E-state index in [1.54, 1.807) is 30.6 Å². The molecule has 0 amide bonds. The Hall–Kier alpha value is -2.14. The van der Waals surface area contributed by atoms with E-state index in [9.17, 15) is 9.90 Å². The number of nitrogens with zero attached hydrogens (tertiary/aromatic N) is 1. The van der Waals surface area contributed by atoms with Crippen LogP contribution >= 0.6 is 0 Å². The van der Waals surface area contributed by atoms with Gasteiger partial charge >= 0.3 is 0 Å². The van der Waals surface area contributed by atoms with Gasteiger partial charge in [0.25, 0.3) is 0 Å². The fraction of sp³-hybridized carbons (Fsp3) is 0.231. The molecule has 0 aliphatic rings. The van der Waals surface area contributed by atoms with E-state index >= 15 is 0 Å². The zero-order valence-corrected chi connectivity index (χ0v) is 10.5. The van der Waals surface area contributed by atoms with Gasteiger partial charge in [-0.1, -0.05) is 0 Å². The van der Waals surface area contributed by atoms with Gasteiger partial charge in [-0.05, 0) is 32.0 Å². The quantitative estimate of drug-likeness (QED) is 0.786. The second-order valence-corrected chi connectivity index (χ2v) is 4.19. The first-order valence-corrected chi connectivity index (χ1v) is 5.64. The van der Waals surface area contributed by atoms with E-state index in [0.717, 1.165) is 5.69 Å². The van der Waals surface area contributed by atoms with E-state index in [1.807, 2.05) is 0 Å². The Bertz CT molecular complexity index is 490. The highest BCUT2D eigenvalue weighted by Crippen LogP contribution is 2.19. The number of hydrogen-bond donors (Lipinski definition) is 2.